The van der Waals surface area contributed by atoms with Crippen LogP contribution in [0.4, 0.5) is 0 Å². The molecule has 2 atom stereocenters. The van der Waals surface area contributed by atoms with Gasteiger partial charge in [0, 0.05) is 0 Å². The topological polar surface area (TPSA) is 20.2 Å². The lowest BCUT2D eigenvalue weighted by atomic mass is 9.78. The van der Waals surface area contributed by atoms with Gasteiger partial charge in [-0.15, -0.1) is 0 Å². The average Bonchev–Trinajstić information content (AvgIpc) is 2.25. The van der Waals surface area contributed by atoms with Crippen molar-refractivity contribution >= 4 is 0 Å². The molecule has 0 radical (unpaired) electrons. The molecule has 0 saturated heterocycles. The molecule has 1 N–H and O–H groups in total. The van der Waals surface area contributed by atoms with E-state index >= 15 is 0 Å². The first-order valence-corrected chi connectivity index (χ1v) is 5.49. The van der Waals surface area contributed by atoms with E-state index in [1.54, 1.807) is 0 Å². The van der Waals surface area contributed by atoms with Crippen molar-refractivity contribution in [1.82, 2.24) is 0 Å². The summed E-state index contributed by atoms with van der Waals surface area (Å²) in [7, 11) is 0. The normalized spacial score (nSPS) is 35.3. The lowest BCUT2D eigenvalue weighted by Gasteiger charge is -2.34. The standard InChI is InChI=1S/C12H24O/c1-9(2)10(3)12(13)7-6-11(4,5)8-12/h9-10,13H,6-8H2,1-5H3. The van der Waals surface area contributed by atoms with E-state index in [1.807, 2.05) is 0 Å². The lowest BCUT2D eigenvalue weighted by molar-refractivity contribution is -0.0306. The quantitative estimate of drug-likeness (QED) is 0.698. The molecule has 0 amide bonds. The highest BCUT2D eigenvalue weighted by Gasteiger charge is 2.45. The summed E-state index contributed by atoms with van der Waals surface area (Å²) in [6.45, 7) is 11.1. The fourth-order valence-electron chi connectivity index (χ4n) is 2.57. The summed E-state index contributed by atoms with van der Waals surface area (Å²) in [5.74, 6) is 1.01. The molecule has 0 heterocycles. The van der Waals surface area contributed by atoms with Gasteiger partial charge in [-0.2, -0.15) is 0 Å². The second-order valence-electron chi connectivity index (χ2n) is 5.98. The van der Waals surface area contributed by atoms with Gasteiger partial charge in [0.2, 0.25) is 0 Å². The molecule has 1 aliphatic rings. The molecule has 1 rings (SSSR count). The van der Waals surface area contributed by atoms with Crippen LogP contribution in [-0.2, 0) is 0 Å². The molecule has 0 aliphatic heterocycles. The van der Waals surface area contributed by atoms with E-state index in [0.29, 0.717) is 17.3 Å². The predicted molar refractivity (Wildman–Crippen MR) is 56.6 cm³/mol. The van der Waals surface area contributed by atoms with E-state index in [2.05, 4.69) is 34.6 Å². The summed E-state index contributed by atoms with van der Waals surface area (Å²) < 4.78 is 0. The largest absolute Gasteiger partial charge is 0.390 e. The van der Waals surface area contributed by atoms with E-state index < -0.39 is 5.60 Å². The Kier molecular flexibility index (Phi) is 2.78. The van der Waals surface area contributed by atoms with Crippen LogP contribution in [-0.4, -0.2) is 10.7 Å². The molecule has 2 unspecified atom stereocenters. The van der Waals surface area contributed by atoms with E-state index in [1.165, 1.54) is 6.42 Å². The minimum absolute atomic E-state index is 0.345. The van der Waals surface area contributed by atoms with E-state index in [-0.39, 0.29) is 0 Å². The average molecular weight is 184 g/mol. The molecule has 0 aromatic carbocycles. The SMILES string of the molecule is CC(C)C(C)C1(O)CCC(C)(C)C1. The Bertz CT molecular complexity index is 184. The third kappa shape index (κ3) is 2.25. The van der Waals surface area contributed by atoms with Crippen LogP contribution in [0.25, 0.3) is 0 Å². The van der Waals surface area contributed by atoms with Crippen LogP contribution in [0.1, 0.15) is 53.9 Å². The van der Waals surface area contributed by atoms with Crippen molar-refractivity contribution in [3.8, 4) is 0 Å². The molecule has 13 heavy (non-hydrogen) atoms. The maximum atomic E-state index is 10.5. The highest BCUT2D eigenvalue weighted by atomic mass is 16.3. The van der Waals surface area contributed by atoms with Crippen LogP contribution < -0.4 is 0 Å². The lowest BCUT2D eigenvalue weighted by Crippen LogP contribution is -2.37. The second-order valence-corrected chi connectivity index (χ2v) is 5.98. The van der Waals surface area contributed by atoms with Crippen molar-refractivity contribution in [2.24, 2.45) is 17.3 Å². The third-order valence-electron chi connectivity index (χ3n) is 3.87. The molecule has 1 saturated carbocycles. The molecule has 1 aliphatic carbocycles. The molecule has 1 nitrogen and oxygen atoms in total. The summed E-state index contributed by atoms with van der Waals surface area (Å²) in [6, 6.07) is 0. The smallest absolute Gasteiger partial charge is 0.0680 e. The number of hydrogen-bond donors (Lipinski definition) is 1. The predicted octanol–water partition coefficient (Wildman–Crippen LogP) is 3.22. The van der Waals surface area contributed by atoms with Gasteiger partial charge in [0.15, 0.2) is 0 Å². The minimum Gasteiger partial charge on any atom is -0.390 e. The van der Waals surface area contributed by atoms with Crippen LogP contribution >= 0.6 is 0 Å². The van der Waals surface area contributed by atoms with Gasteiger partial charge in [0.1, 0.15) is 0 Å². The molecular formula is C12H24O. The summed E-state index contributed by atoms with van der Waals surface area (Å²) in [5.41, 5.74) is -0.0461. The highest BCUT2D eigenvalue weighted by Crippen LogP contribution is 2.48. The zero-order valence-electron chi connectivity index (χ0n) is 9.72. The van der Waals surface area contributed by atoms with Gasteiger partial charge in [-0.1, -0.05) is 34.6 Å². The number of rotatable bonds is 2. The molecule has 0 spiro atoms. The second kappa shape index (κ2) is 3.27. The summed E-state index contributed by atoms with van der Waals surface area (Å²) in [6.07, 6.45) is 3.12. The van der Waals surface area contributed by atoms with Crippen LogP contribution in [0.3, 0.4) is 0 Å². The maximum absolute atomic E-state index is 10.5. The van der Waals surface area contributed by atoms with Gasteiger partial charge in [-0.25, -0.2) is 0 Å². The van der Waals surface area contributed by atoms with Gasteiger partial charge in [-0.3, -0.25) is 0 Å². The zero-order valence-corrected chi connectivity index (χ0v) is 9.72. The van der Waals surface area contributed by atoms with Gasteiger partial charge in [0.25, 0.3) is 0 Å². The van der Waals surface area contributed by atoms with Crippen molar-refractivity contribution in [1.29, 1.82) is 0 Å². The summed E-state index contributed by atoms with van der Waals surface area (Å²) >= 11 is 0. The van der Waals surface area contributed by atoms with E-state index in [0.717, 1.165) is 12.8 Å². The van der Waals surface area contributed by atoms with Gasteiger partial charge in [-0.05, 0) is 36.5 Å². The number of aliphatic hydroxyl groups is 1. The summed E-state index contributed by atoms with van der Waals surface area (Å²) in [4.78, 5) is 0. The van der Waals surface area contributed by atoms with Crippen molar-refractivity contribution in [3.63, 3.8) is 0 Å². The Morgan fingerprint density at radius 2 is 1.62 bits per heavy atom. The Hall–Kier alpha value is -0.0400. The van der Waals surface area contributed by atoms with Crippen LogP contribution in [0.15, 0.2) is 0 Å². The Labute approximate surface area is 82.5 Å². The highest BCUT2D eigenvalue weighted by molar-refractivity contribution is 4.97. The fourth-order valence-corrected chi connectivity index (χ4v) is 2.57. The van der Waals surface area contributed by atoms with Crippen LogP contribution in [0, 0.1) is 17.3 Å². The molecule has 0 aromatic rings. The Morgan fingerprint density at radius 1 is 1.08 bits per heavy atom. The van der Waals surface area contributed by atoms with Crippen molar-refractivity contribution in [3.05, 3.63) is 0 Å². The van der Waals surface area contributed by atoms with Crippen molar-refractivity contribution in [2.75, 3.05) is 0 Å². The molecule has 1 fully saturated rings. The van der Waals surface area contributed by atoms with Crippen molar-refractivity contribution < 1.29 is 5.11 Å². The first-order chi connectivity index (χ1) is 5.77. The van der Waals surface area contributed by atoms with Crippen LogP contribution in [0.2, 0.25) is 0 Å². The Balaban J connectivity index is 2.69. The maximum Gasteiger partial charge on any atom is 0.0680 e. The Morgan fingerprint density at radius 3 is 1.92 bits per heavy atom. The van der Waals surface area contributed by atoms with E-state index in [9.17, 15) is 5.11 Å². The molecular weight excluding hydrogens is 160 g/mol. The third-order valence-corrected chi connectivity index (χ3v) is 3.87. The fraction of sp³-hybridized carbons (Fsp3) is 1.00. The summed E-state index contributed by atoms with van der Waals surface area (Å²) in [5, 5.41) is 10.5. The molecule has 0 aromatic heterocycles. The van der Waals surface area contributed by atoms with Gasteiger partial charge < -0.3 is 5.11 Å². The minimum atomic E-state index is -0.391. The molecule has 0 bridgehead atoms. The van der Waals surface area contributed by atoms with Crippen molar-refractivity contribution in [2.45, 2.75) is 59.5 Å². The van der Waals surface area contributed by atoms with E-state index in [4.69, 9.17) is 0 Å². The number of hydrogen-bond acceptors (Lipinski definition) is 1. The van der Waals surface area contributed by atoms with Gasteiger partial charge in [0.05, 0.1) is 5.60 Å². The van der Waals surface area contributed by atoms with Gasteiger partial charge >= 0.3 is 0 Å². The first-order valence-electron chi connectivity index (χ1n) is 5.49. The first kappa shape index (κ1) is 11.0. The van der Waals surface area contributed by atoms with Crippen LogP contribution in [0.5, 0.6) is 0 Å². The molecule has 78 valence electrons. The monoisotopic (exact) mass is 184 g/mol. The zero-order chi connectivity index (χ0) is 10.3. The molecule has 1 heteroatoms.